The minimum absolute atomic E-state index is 0.122. The van der Waals surface area contributed by atoms with Crippen LogP contribution in [0.25, 0.3) is 0 Å². The topological polar surface area (TPSA) is 94.8 Å². The van der Waals surface area contributed by atoms with Gasteiger partial charge in [-0.25, -0.2) is 0 Å². The third kappa shape index (κ3) is 4.62. The number of aliphatic carboxylic acids is 1. The van der Waals surface area contributed by atoms with Crippen LogP contribution in [0.1, 0.15) is 47.0 Å². The number of carbonyl (C=O) groups is 2. The maximum atomic E-state index is 12.0. The molecule has 5 heteroatoms. The van der Waals surface area contributed by atoms with Crippen molar-refractivity contribution in [1.82, 2.24) is 0 Å². The molecule has 0 saturated carbocycles. The fourth-order valence-electron chi connectivity index (χ4n) is 2.73. The Hall–Kier alpha value is -1.72. The van der Waals surface area contributed by atoms with Crippen LogP contribution >= 0.6 is 0 Å². The number of hydrogen-bond donors (Lipinski definition) is 3. The number of carboxylic acid groups (broad SMARTS) is 1. The summed E-state index contributed by atoms with van der Waals surface area (Å²) in [6.07, 6.45) is 5.01. The summed E-state index contributed by atoms with van der Waals surface area (Å²) in [6, 6.07) is 0. The first-order valence-electron chi connectivity index (χ1n) is 7.79. The second-order valence-corrected chi connectivity index (χ2v) is 6.47. The number of ketones is 1. The average Bonchev–Trinajstić information content (AvgIpc) is 2.44. The first kappa shape index (κ1) is 19.3. The Morgan fingerprint density at radius 3 is 2.61 bits per heavy atom. The van der Waals surface area contributed by atoms with Gasteiger partial charge in [0.1, 0.15) is 6.10 Å². The van der Waals surface area contributed by atoms with E-state index >= 15 is 0 Å². The summed E-state index contributed by atoms with van der Waals surface area (Å²) in [5.74, 6) is -1.47. The summed E-state index contributed by atoms with van der Waals surface area (Å²) in [4.78, 5) is 23.6. The molecule has 1 aliphatic carbocycles. The third-order valence-electron chi connectivity index (χ3n) is 4.31. The molecule has 5 nitrogen and oxygen atoms in total. The molecular weight excluding hydrogens is 296 g/mol. The van der Waals surface area contributed by atoms with Crippen molar-refractivity contribution in [2.75, 3.05) is 0 Å². The Morgan fingerprint density at radius 2 is 2.09 bits per heavy atom. The molecule has 0 saturated heterocycles. The van der Waals surface area contributed by atoms with Crippen LogP contribution in [0, 0.1) is 5.41 Å². The highest BCUT2D eigenvalue weighted by Crippen LogP contribution is 2.40. The summed E-state index contributed by atoms with van der Waals surface area (Å²) in [7, 11) is 0. The van der Waals surface area contributed by atoms with Crippen molar-refractivity contribution in [2.45, 2.75) is 59.2 Å². The van der Waals surface area contributed by atoms with Crippen molar-refractivity contribution in [3.63, 3.8) is 0 Å². The van der Waals surface area contributed by atoms with Gasteiger partial charge in [-0.3, -0.25) is 9.59 Å². The standard InChI is InChI=1S/C18H26O5/c1-11(6-5-7-12(2)19)8-9-14-13(3)16(21)15(20)10-18(14,4)17(22)23/h6,8-9,12,15,19-20H,5,7,10H2,1-4H3,(H,22,23)/b9-8+,11-6-/t12?,15-,18+/m1/s1. The van der Waals surface area contributed by atoms with Gasteiger partial charge in [-0.05, 0) is 51.7 Å². The van der Waals surface area contributed by atoms with E-state index in [-0.39, 0.29) is 12.5 Å². The van der Waals surface area contributed by atoms with E-state index in [1.807, 2.05) is 13.0 Å². The van der Waals surface area contributed by atoms with Gasteiger partial charge >= 0.3 is 5.97 Å². The molecule has 0 fully saturated rings. The van der Waals surface area contributed by atoms with Crippen LogP contribution in [-0.2, 0) is 9.59 Å². The molecule has 0 bridgehead atoms. The maximum absolute atomic E-state index is 12.0. The summed E-state index contributed by atoms with van der Waals surface area (Å²) < 4.78 is 0. The molecule has 0 heterocycles. The van der Waals surface area contributed by atoms with Gasteiger partial charge in [-0.15, -0.1) is 0 Å². The number of Topliss-reactive ketones (excluding diaryl/α,β-unsaturated/α-hetero) is 1. The highest BCUT2D eigenvalue weighted by molar-refractivity contribution is 6.02. The molecule has 1 aliphatic rings. The Kier molecular flexibility index (Phi) is 6.47. The predicted molar refractivity (Wildman–Crippen MR) is 87.9 cm³/mol. The Labute approximate surface area is 137 Å². The smallest absolute Gasteiger partial charge is 0.313 e. The van der Waals surface area contributed by atoms with Crippen LogP contribution in [0.3, 0.4) is 0 Å². The first-order chi connectivity index (χ1) is 10.6. The van der Waals surface area contributed by atoms with Gasteiger partial charge in [0, 0.05) is 6.42 Å². The normalized spacial score (nSPS) is 27.7. The quantitative estimate of drug-likeness (QED) is 0.653. The molecule has 0 aromatic heterocycles. The molecule has 0 radical (unpaired) electrons. The van der Waals surface area contributed by atoms with E-state index in [4.69, 9.17) is 0 Å². The number of hydrogen-bond acceptors (Lipinski definition) is 4. The summed E-state index contributed by atoms with van der Waals surface area (Å²) in [5, 5.41) is 28.6. The van der Waals surface area contributed by atoms with Gasteiger partial charge in [0.25, 0.3) is 0 Å². The monoisotopic (exact) mass is 322 g/mol. The lowest BCUT2D eigenvalue weighted by atomic mass is 9.69. The van der Waals surface area contributed by atoms with Crippen molar-refractivity contribution < 1.29 is 24.9 Å². The number of carboxylic acids is 1. The van der Waals surface area contributed by atoms with Crippen molar-refractivity contribution in [2.24, 2.45) is 5.41 Å². The fraction of sp³-hybridized carbons (Fsp3) is 0.556. The number of carbonyl (C=O) groups excluding carboxylic acids is 1. The van der Waals surface area contributed by atoms with E-state index in [2.05, 4.69) is 0 Å². The second-order valence-electron chi connectivity index (χ2n) is 6.47. The fourth-order valence-corrected chi connectivity index (χ4v) is 2.73. The predicted octanol–water partition coefficient (Wildman–Crippen LogP) is 2.39. The molecule has 128 valence electrons. The van der Waals surface area contributed by atoms with Crippen molar-refractivity contribution in [3.8, 4) is 0 Å². The van der Waals surface area contributed by atoms with Gasteiger partial charge in [0.05, 0.1) is 11.5 Å². The molecule has 0 aromatic rings. The number of aliphatic hydroxyl groups is 2. The largest absolute Gasteiger partial charge is 0.481 e. The van der Waals surface area contributed by atoms with Crippen molar-refractivity contribution >= 4 is 11.8 Å². The van der Waals surface area contributed by atoms with E-state index in [0.717, 1.165) is 12.0 Å². The van der Waals surface area contributed by atoms with Crippen LogP contribution in [0.5, 0.6) is 0 Å². The molecule has 0 amide bonds. The van der Waals surface area contributed by atoms with Gasteiger partial charge in [0.2, 0.25) is 0 Å². The summed E-state index contributed by atoms with van der Waals surface area (Å²) >= 11 is 0. The first-order valence-corrected chi connectivity index (χ1v) is 7.79. The number of rotatable bonds is 6. The van der Waals surface area contributed by atoms with Crippen molar-refractivity contribution in [3.05, 3.63) is 34.9 Å². The van der Waals surface area contributed by atoms with Crippen LogP contribution < -0.4 is 0 Å². The molecular formula is C18H26O5. The SMILES string of the molecule is CC1=C(/C=C/C(C)=C\CCC(C)O)[C@@](C)(C(=O)O)C[C@@H](O)C1=O. The molecule has 1 rings (SSSR count). The molecule has 0 aromatic carbocycles. The zero-order chi connectivity index (χ0) is 17.8. The van der Waals surface area contributed by atoms with E-state index < -0.39 is 23.3 Å². The van der Waals surface area contributed by atoms with Crippen molar-refractivity contribution in [1.29, 1.82) is 0 Å². The highest BCUT2D eigenvalue weighted by Gasteiger charge is 2.45. The zero-order valence-corrected chi connectivity index (χ0v) is 14.2. The highest BCUT2D eigenvalue weighted by atomic mass is 16.4. The van der Waals surface area contributed by atoms with E-state index in [1.165, 1.54) is 6.92 Å². The van der Waals surface area contributed by atoms with Crippen LogP contribution in [0.4, 0.5) is 0 Å². The second kappa shape index (κ2) is 7.70. The summed E-state index contributed by atoms with van der Waals surface area (Å²) in [6.45, 7) is 6.69. The maximum Gasteiger partial charge on any atom is 0.313 e. The molecule has 1 unspecified atom stereocenters. The molecule has 3 atom stereocenters. The number of aliphatic hydroxyl groups excluding tert-OH is 2. The molecule has 3 N–H and O–H groups in total. The van der Waals surface area contributed by atoms with Crippen LogP contribution in [0.15, 0.2) is 34.9 Å². The van der Waals surface area contributed by atoms with E-state index in [0.29, 0.717) is 17.6 Å². The van der Waals surface area contributed by atoms with Gasteiger partial charge < -0.3 is 15.3 Å². The van der Waals surface area contributed by atoms with E-state index in [9.17, 15) is 24.9 Å². The lowest BCUT2D eigenvalue weighted by molar-refractivity contribution is -0.148. The number of allylic oxidation sites excluding steroid dienone is 4. The average molecular weight is 322 g/mol. The lowest BCUT2D eigenvalue weighted by Crippen LogP contribution is -2.42. The van der Waals surface area contributed by atoms with E-state index in [1.54, 1.807) is 26.0 Å². The molecule has 0 spiro atoms. The minimum atomic E-state index is -1.28. The summed E-state index contributed by atoms with van der Waals surface area (Å²) in [5.41, 5.74) is 0.371. The van der Waals surface area contributed by atoms with Crippen LogP contribution in [0.2, 0.25) is 0 Å². The Bertz CT molecular complexity index is 568. The van der Waals surface area contributed by atoms with Gasteiger partial charge in [-0.1, -0.05) is 23.8 Å². The zero-order valence-electron chi connectivity index (χ0n) is 14.2. The van der Waals surface area contributed by atoms with Crippen LogP contribution in [-0.4, -0.2) is 39.3 Å². The van der Waals surface area contributed by atoms with Gasteiger partial charge in [-0.2, -0.15) is 0 Å². The Balaban J connectivity index is 3.08. The third-order valence-corrected chi connectivity index (χ3v) is 4.31. The lowest BCUT2D eigenvalue weighted by Gasteiger charge is -2.34. The molecule has 23 heavy (non-hydrogen) atoms. The minimum Gasteiger partial charge on any atom is -0.481 e. The Morgan fingerprint density at radius 1 is 1.48 bits per heavy atom. The van der Waals surface area contributed by atoms with Gasteiger partial charge in [0.15, 0.2) is 5.78 Å². The molecule has 0 aliphatic heterocycles.